The molecule has 31 heavy (non-hydrogen) atoms. The standard InChI is InChI=1S/C23H27N5O3/c1-28(11-20(29)27-23-8-14(9-23)10-23)22-17-3-2-4-18(17)25-21(26-22)19-7-15(5-6-24-19)31-16-12-30-13-16/h5-7,14,16H,2-4,8-13H2,1H3,(H,27,29). The van der Waals surface area contributed by atoms with E-state index >= 15 is 0 Å². The number of carbonyl (C=O) groups excluding carboxylic acids is 1. The highest BCUT2D eigenvalue weighted by Crippen LogP contribution is 2.56. The van der Waals surface area contributed by atoms with Crippen molar-refractivity contribution in [3.63, 3.8) is 0 Å². The summed E-state index contributed by atoms with van der Waals surface area (Å²) in [5.74, 6) is 3.08. The number of aromatic nitrogens is 3. The lowest BCUT2D eigenvalue weighted by molar-refractivity contribution is -0.131. The maximum absolute atomic E-state index is 12.7. The summed E-state index contributed by atoms with van der Waals surface area (Å²) in [6, 6.07) is 3.73. The molecule has 3 saturated carbocycles. The Morgan fingerprint density at radius 1 is 1.29 bits per heavy atom. The normalized spacial score (nSPS) is 25.6. The molecular weight excluding hydrogens is 394 g/mol. The molecule has 1 aliphatic heterocycles. The minimum atomic E-state index is 0.0730. The Balaban J connectivity index is 1.24. The van der Waals surface area contributed by atoms with Crippen molar-refractivity contribution < 1.29 is 14.3 Å². The molecule has 0 aromatic carbocycles. The second kappa shape index (κ2) is 7.15. The first-order valence-electron chi connectivity index (χ1n) is 11.2. The minimum absolute atomic E-state index is 0.0730. The average Bonchev–Trinajstić information content (AvgIpc) is 3.15. The zero-order valence-corrected chi connectivity index (χ0v) is 17.8. The van der Waals surface area contributed by atoms with Crippen LogP contribution in [0, 0.1) is 5.92 Å². The number of nitrogens with one attached hydrogen (secondary N) is 1. The van der Waals surface area contributed by atoms with Crippen LogP contribution in [0.3, 0.4) is 0 Å². The highest BCUT2D eigenvalue weighted by atomic mass is 16.6. The van der Waals surface area contributed by atoms with E-state index in [2.05, 4.69) is 10.3 Å². The van der Waals surface area contributed by atoms with E-state index in [0.717, 1.165) is 67.3 Å². The van der Waals surface area contributed by atoms with Gasteiger partial charge in [0.1, 0.15) is 23.4 Å². The maximum Gasteiger partial charge on any atom is 0.239 e. The Bertz CT molecular complexity index is 1020. The molecule has 5 aliphatic rings. The number of nitrogens with zero attached hydrogens (tertiary/aromatic N) is 4. The number of hydrogen-bond acceptors (Lipinski definition) is 7. The van der Waals surface area contributed by atoms with Crippen LogP contribution in [0.1, 0.15) is 36.9 Å². The number of pyridine rings is 1. The van der Waals surface area contributed by atoms with Crippen LogP contribution in [0.25, 0.3) is 11.5 Å². The third-order valence-corrected chi connectivity index (χ3v) is 6.97. The Morgan fingerprint density at radius 3 is 2.84 bits per heavy atom. The molecule has 2 aromatic heterocycles. The quantitative estimate of drug-likeness (QED) is 0.730. The van der Waals surface area contributed by atoms with Crippen LogP contribution in [-0.2, 0) is 22.4 Å². The average molecular weight is 422 g/mol. The summed E-state index contributed by atoms with van der Waals surface area (Å²) in [5, 5.41) is 3.25. The van der Waals surface area contributed by atoms with Crippen molar-refractivity contribution >= 4 is 11.7 Å². The van der Waals surface area contributed by atoms with E-state index in [4.69, 9.17) is 19.4 Å². The summed E-state index contributed by atoms with van der Waals surface area (Å²) >= 11 is 0. The van der Waals surface area contributed by atoms with Crippen molar-refractivity contribution in [2.75, 3.05) is 31.7 Å². The fourth-order valence-corrected chi connectivity index (χ4v) is 5.18. The number of carbonyl (C=O) groups is 1. The van der Waals surface area contributed by atoms with Gasteiger partial charge in [0, 0.05) is 36.1 Å². The van der Waals surface area contributed by atoms with Gasteiger partial charge in [-0.05, 0) is 50.5 Å². The Kier molecular flexibility index (Phi) is 4.38. The van der Waals surface area contributed by atoms with Crippen molar-refractivity contribution in [2.24, 2.45) is 5.92 Å². The van der Waals surface area contributed by atoms with Crippen LogP contribution in [0.15, 0.2) is 18.3 Å². The molecule has 0 atom stereocenters. The highest BCUT2D eigenvalue weighted by Gasteiger charge is 2.57. The van der Waals surface area contributed by atoms with Gasteiger partial charge >= 0.3 is 0 Å². The van der Waals surface area contributed by atoms with Gasteiger partial charge in [-0.25, -0.2) is 9.97 Å². The largest absolute Gasteiger partial charge is 0.485 e. The van der Waals surface area contributed by atoms with Crippen LogP contribution in [0.2, 0.25) is 0 Å². The molecule has 8 nitrogen and oxygen atoms in total. The van der Waals surface area contributed by atoms with Gasteiger partial charge in [-0.2, -0.15) is 0 Å². The van der Waals surface area contributed by atoms with E-state index in [9.17, 15) is 4.79 Å². The Hall–Kier alpha value is -2.74. The number of amides is 1. The van der Waals surface area contributed by atoms with Gasteiger partial charge in [-0.15, -0.1) is 0 Å². The Labute approximate surface area is 181 Å². The molecule has 8 heteroatoms. The number of ether oxygens (including phenoxy) is 2. The summed E-state index contributed by atoms with van der Waals surface area (Å²) in [4.78, 5) is 28.8. The molecule has 0 unspecified atom stereocenters. The van der Waals surface area contributed by atoms with E-state index < -0.39 is 0 Å². The predicted octanol–water partition coefficient (Wildman–Crippen LogP) is 1.91. The Morgan fingerprint density at radius 2 is 2.13 bits per heavy atom. The fourth-order valence-electron chi connectivity index (χ4n) is 5.18. The van der Waals surface area contributed by atoms with E-state index in [1.165, 1.54) is 0 Å². The number of fused-ring (bicyclic) bond motifs is 1. The van der Waals surface area contributed by atoms with E-state index in [1.807, 2.05) is 24.1 Å². The van der Waals surface area contributed by atoms with Crippen LogP contribution in [-0.4, -0.2) is 59.3 Å². The number of anilines is 1. The summed E-state index contributed by atoms with van der Waals surface area (Å²) in [6.45, 7) is 1.53. The van der Waals surface area contributed by atoms with Gasteiger partial charge in [0.25, 0.3) is 0 Å². The molecule has 7 rings (SSSR count). The zero-order chi connectivity index (χ0) is 21.0. The predicted molar refractivity (Wildman–Crippen MR) is 114 cm³/mol. The maximum atomic E-state index is 12.7. The lowest BCUT2D eigenvalue weighted by atomic mass is 9.50. The second-order valence-corrected chi connectivity index (χ2v) is 9.47. The molecule has 1 N–H and O–H groups in total. The van der Waals surface area contributed by atoms with E-state index in [-0.39, 0.29) is 17.6 Å². The minimum Gasteiger partial charge on any atom is -0.485 e. The molecule has 1 amide bonds. The van der Waals surface area contributed by atoms with Gasteiger partial charge in [0.15, 0.2) is 5.82 Å². The van der Waals surface area contributed by atoms with Crippen LogP contribution >= 0.6 is 0 Å². The van der Waals surface area contributed by atoms with Crippen molar-refractivity contribution in [1.29, 1.82) is 0 Å². The summed E-state index contributed by atoms with van der Waals surface area (Å²) in [7, 11) is 1.94. The van der Waals surface area contributed by atoms with Gasteiger partial charge < -0.3 is 19.7 Å². The van der Waals surface area contributed by atoms with Gasteiger partial charge in [-0.3, -0.25) is 9.78 Å². The highest BCUT2D eigenvalue weighted by molar-refractivity contribution is 5.82. The number of hydrogen-bond donors (Lipinski definition) is 1. The number of likely N-dealkylation sites (N-methyl/N-ethyl adjacent to an activating group) is 1. The second-order valence-electron chi connectivity index (χ2n) is 9.47. The fraction of sp³-hybridized carbons (Fsp3) is 0.565. The molecule has 162 valence electrons. The lowest BCUT2D eigenvalue weighted by Crippen LogP contribution is -2.68. The summed E-state index contributed by atoms with van der Waals surface area (Å²) in [6.07, 6.45) is 8.19. The topological polar surface area (TPSA) is 89.5 Å². The van der Waals surface area contributed by atoms with Gasteiger partial charge in [0.2, 0.25) is 5.91 Å². The first-order valence-corrected chi connectivity index (χ1v) is 11.2. The third-order valence-electron chi connectivity index (χ3n) is 6.97. The first kappa shape index (κ1) is 19.0. The molecule has 0 spiro atoms. The van der Waals surface area contributed by atoms with Crippen molar-refractivity contribution in [3.8, 4) is 17.3 Å². The van der Waals surface area contributed by atoms with Crippen molar-refractivity contribution in [3.05, 3.63) is 29.6 Å². The zero-order valence-electron chi connectivity index (χ0n) is 17.8. The molecule has 3 heterocycles. The molecule has 2 bridgehead atoms. The van der Waals surface area contributed by atoms with Crippen molar-refractivity contribution in [1.82, 2.24) is 20.3 Å². The van der Waals surface area contributed by atoms with E-state index in [1.54, 1.807) is 6.20 Å². The number of rotatable bonds is 7. The molecule has 4 aliphatic carbocycles. The van der Waals surface area contributed by atoms with Gasteiger partial charge in [0.05, 0.1) is 19.8 Å². The first-order chi connectivity index (χ1) is 15.1. The van der Waals surface area contributed by atoms with Crippen molar-refractivity contribution in [2.45, 2.75) is 50.2 Å². The summed E-state index contributed by atoms with van der Waals surface area (Å²) < 4.78 is 11.1. The van der Waals surface area contributed by atoms with Crippen LogP contribution in [0.5, 0.6) is 5.75 Å². The molecular formula is C23H27N5O3. The molecule has 1 saturated heterocycles. The lowest BCUT2D eigenvalue weighted by Gasteiger charge is -2.61. The van der Waals surface area contributed by atoms with Crippen LogP contribution < -0.4 is 15.0 Å². The molecule has 4 fully saturated rings. The van der Waals surface area contributed by atoms with E-state index in [0.29, 0.717) is 31.3 Å². The molecule has 2 aromatic rings. The summed E-state index contributed by atoms with van der Waals surface area (Å²) in [5.41, 5.74) is 2.99. The SMILES string of the molecule is CN(CC(=O)NC12CC(C1)C2)c1nc(-c2cc(OC3COC3)ccn2)nc2c1CCC2. The third kappa shape index (κ3) is 3.43. The number of aryl methyl sites for hydroxylation is 1. The smallest absolute Gasteiger partial charge is 0.239 e. The van der Waals surface area contributed by atoms with Crippen LogP contribution in [0.4, 0.5) is 5.82 Å². The molecule has 0 radical (unpaired) electrons. The monoisotopic (exact) mass is 421 g/mol. The van der Waals surface area contributed by atoms with Gasteiger partial charge in [-0.1, -0.05) is 0 Å².